The molecule has 0 aromatic heterocycles. The highest BCUT2D eigenvalue weighted by Gasteiger charge is 2.38. The van der Waals surface area contributed by atoms with Crippen molar-refractivity contribution in [1.82, 2.24) is 10.6 Å². The molecule has 2 unspecified atom stereocenters. The zero-order valence-electron chi connectivity index (χ0n) is 21.5. The average molecular weight is 482 g/mol. The summed E-state index contributed by atoms with van der Waals surface area (Å²) in [5.74, 6) is -3.17. The van der Waals surface area contributed by atoms with Gasteiger partial charge in [-0.05, 0) is 48.5 Å². The third-order valence-corrected chi connectivity index (χ3v) is 5.94. The molecule has 0 saturated carbocycles. The van der Waals surface area contributed by atoms with Crippen LogP contribution in [-0.4, -0.2) is 43.3 Å². The fraction of sp³-hybridized carbons (Fsp3) is 0.826. The number of hydrogen-bond acceptors (Lipinski definition) is 5. The summed E-state index contributed by atoms with van der Waals surface area (Å²) >= 11 is 0. The lowest BCUT2D eigenvalue weighted by atomic mass is 9.70. The minimum absolute atomic E-state index is 0.227. The molecule has 0 aliphatic heterocycles. The van der Waals surface area contributed by atoms with Crippen LogP contribution in [0, 0.1) is 28.6 Å². The first-order chi connectivity index (χ1) is 15.6. The summed E-state index contributed by atoms with van der Waals surface area (Å²) in [5.41, 5.74) is 18.6. The van der Waals surface area contributed by atoms with Crippen LogP contribution >= 0.6 is 0 Å². The molecule has 0 aliphatic carbocycles. The van der Waals surface area contributed by atoms with Crippen molar-refractivity contribution in [2.24, 2.45) is 45.2 Å². The molecule has 194 valence electrons. The quantitative estimate of drug-likeness (QED) is 0.121. The van der Waals surface area contributed by atoms with Crippen LogP contribution in [0.25, 0.3) is 10.4 Å². The van der Waals surface area contributed by atoms with Gasteiger partial charge in [0.2, 0.25) is 23.6 Å². The molecule has 0 fully saturated rings. The third-order valence-electron chi connectivity index (χ3n) is 5.94. The molecule has 0 rings (SSSR count). The van der Waals surface area contributed by atoms with Gasteiger partial charge in [0.15, 0.2) is 0 Å². The Morgan fingerprint density at radius 3 is 1.65 bits per heavy atom. The first-order valence-electron chi connectivity index (χ1n) is 11.7. The number of unbranched alkanes of at least 4 members (excludes halogenated alkanes) is 2. The third kappa shape index (κ3) is 12.4. The van der Waals surface area contributed by atoms with Gasteiger partial charge in [0, 0.05) is 35.8 Å². The molecule has 2 atom stereocenters. The first-order valence-corrected chi connectivity index (χ1v) is 11.7. The number of nitrogens with zero attached hydrogens (tertiary/aromatic N) is 3. The molecule has 0 saturated heterocycles. The van der Waals surface area contributed by atoms with Gasteiger partial charge in [-0.15, -0.1) is 0 Å². The van der Waals surface area contributed by atoms with Crippen LogP contribution in [0.1, 0.15) is 73.6 Å². The summed E-state index contributed by atoms with van der Waals surface area (Å²) in [7, 11) is 0. The maximum Gasteiger partial charge on any atom is 0.225 e. The number of nitrogens with two attached hydrogens (primary N) is 2. The van der Waals surface area contributed by atoms with E-state index in [0.29, 0.717) is 25.9 Å². The molecule has 0 bridgehead atoms. The number of amides is 4. The second kappa shape index (κ2) is 14.5. The van der Waals surface area contributed by atoms with Crippen LogP contribution in [-0.2, 0) is 19.2 Å². The number of hydrogen-bond donors (Lipinski definition) is 4. The Morgan fingerprint density at radius 1 is 0.824 bits per heavy atom. The Bertz CT molecular complexity index is 715. The second-order valence-corrected chi connectivity index (χ2v) is 10.9. The predicted octanol–water partition coefficient (Wildman–Crippen LogP) is 2.39. The van der Waals surface area contributed by atoms with Crippen LogP contribution in [0.5, 0.6) is 0 Å². The molecule has 0 heterocycles. The molecule has 0 aromatic rings. The molecule has 11 nitrogen and oxygen atoms in total. The monoisotopic (exact) mass is 481 g/mol. The largest absolute Gasteiger partial charge is 0.369 e. The molecule has 0 radical (unpaired) electrons. The summed E-state index contributed by atoms with van der Waals surface area (Å²) in [5, 5.41) is 8.76. The fourth-order valence-corrected chi connectivity index (χ4v) is 3.83. The van der Waals surface area contributed by atoms with E-state index in [4.69, 9.17) is 17.0 Å². The molecular formula is C23H43N7O4. The van der Waals surface area contributed by atoms with Gasteiger partial charge in [-0.2, -0.15) is 0 Å². The maximum absolute atomic E-state index is 13.1. The van der Waals surface area contributed by atoms with Gasteiger partial charge in [-0.25, -0.2) is 0 Å². The number of carbonyl (C=O) groups excluding carboxylic acids is 4. The number of nitrogens with one attached hydrogen (secondary N) is 2. The highest BCUT2D eigenvalue weighted by Crippen LogP contribution is 2.37. The molecule has 6 N–H and O–H groups in total. The van der Waals surface area contributed by atoms with Crippen LogP contribution in [0.3, 0.4) is 0 Å². The van der Waals surface area contributed by atoms with Crippen molar-refractivity contribution >= 4 is 23.6 Å². The topological polar surface area (TPSA) is 193 Å². The Morgan fingerprint density at radius 2 is 1.26 bits per heavy atom. The second-order valence-electron chi connectivity index (χ2n) is 10.9. The summed E-state index contributed by atoms with van der Waals surface area (Å²) in [6, 6.07) is 0. The Hall–Kier alpha value is -2.81. The lowest BCUT2D eigenvalue weighted by Crippen LogP contribution is -2.43. The van der Waals surface area contributed by atoms with E-state index in [9.17, 15) is 19.2 Å². The number of carbonyl (C=O) groups is 4. The Labute approximate surface area is 202 Å². The van der Waals surface area contributed by atoms with E-state index in [0.717, 1.165) is 6.42 Å². The van der Waals surface area contributed by atoms with Gasteiger partial charge in [-0.3, -0.25) is 19.2 Å². The lowest BCUT2D eigenvalue weighted by molar-refractivity contribution is -0.131. The standard InChI is InChI=1S/C23H43N7O4/c1-22(2,3)16(19(24)32)12-15(13-17(20(25)33)23(4,5)6)21(34)28-11-9-7-8-10-27-18(31)14-29-30-26/h15-17H,7-14H2,1-6H3,(H2,24,32)(H2,25,33)(H,27,31)(H,28,34). The van der Waals surface area contributed by atoms with E-state index >= 15 is 0 Å². The predicted molar refractivity (Wildman–Crippen MR) is 131 cm³/mol. The van der Waals surface area contributed by atoms with Crippen LogP contribution in [0.15, 0.2) is 5.11 Å². The fourth-order valence-electron chi connectivity index (χ4n) is 3.83. The van der Waals surface area contributed by atoms with Gasteiger partial charge < -0.3 is 22.1 Å². The smallest absolute Gasteiger partial charge is 0.225 e. The van der Waals surface area contributed by atoms with E-state index in [1.54, 1.807) is 0 Å². The molecule has 0 spiro atoms. The minimum Gasteiger partial charge on any atom is -0.369 e. The lowest BCUT2D eigenvalue weighted by Gasteiger charge is -2.34. The van der Waals surface area contributed by atoms with Gasteiger partial charge in [0.25, 0.3) is 0 Å². The molecule has 11 heteroatoms. The Balaban J connectivity index is 5.03. The van der Waals surface area contributed by atoms with Crippen LogP contribution in [0.4, 0.5) is 0 Å². The maximum atomic E-state index is 13.1. The van der Waals surface area contributed by atoms with Crippen molar-refractivity contribution < 1.29 is 19.2 Å². The van der Waals surface area contributed by atoms with Crippen LogP contribution in [0.2, 0.25) is 0 Å². The highest BCUT2D eigenvalue weighted by atomic mass is 16.2. The van der Waals surface area contributed by atoms with Gasteiger partial charge >= 0.3 is 0 Å². The van der Waals surface area contributed by atoms with Gasteiger partial charge in [-0.1, -0.05) is 46.7 Å². The molecule has 0 aromatic carbocycles. The average Bonchev–Trinajstić information content (AvgIpc) is 2.68. The zero-order chi connectivity index (χ0) is 26.5. The van der Waals surface area contributed by atoms with E-state index in [1.165, 1.54) is 0 Å². The molecule has 0 aliphatic rings. The summed E-state index contributed by atoms with van der Waals surface area (Å²) < 4.78 is 0. The van der Waals surface area contributed by atoms with Crippen molar-refractivity contribution in [2.45, 2.75) is 73.6 Å². The van der Waals surface area contributed by atoms with Crippen LogP contribution < -0.4 is 22.1 Å². The number of rotatable bonds is 15. The molecule has 34 heavy (non-hydrogen) atoms. The van der Waals surface area contributed by atoms with Crippen molar-refractivity contribution in [3.05, 3.63) is 10.4 Å². The summed E-state index contributed by atoms with van der Waals surface area (Å²) in [4.78, 5) is 51.2. The Kier molecular flexibility index (Phi) is 13.3. The first kappa shape index (κ1) is 31.2. The summed E-state index contributed by atoms with van der Waals surface area (Å²) in [6.45, 7) is 12.1. The SMILES string of the molecule is CC(C)(C)C(CC(CC(C(N)=O)C(C)(C)C)C(=O)NCCCCCNC(=O)CN=[N+]=[N-])C(N)=O. The van der Waals surface area contributed by atoms with Gasteiger partial charge in [0.05, 0.1) is 0 Å². The van der Waals surface area contributed by atoms with E-state index < -0.39 is 40.4 Å². The minimum atomic E-state index is -0.589. The van der Waals surface area contributed by atoms with Crippen molar-refractivity contribution in [3.8, 4) is 0 Å². The van der Waals surface area contributed by atoms with E-state index in [-0.39, 0.29) is 31.2 Å². The van der Waals surface area contributed by atoms with Gasteiger partial charge in [0.1, 0.15) is 6.54 Å². The van der Waals surface area contributed by atoms with Crippen molar-refractivity contribution in [1.29, 1.82) is 0 Å². The number of primary amides is 2. The molecular weight excluding hydrogens is 438 g/mol. The van der Waals surface area contributed by atoms with Crippen molar-refractivity contribution in [2.75, 3.05) is 19.6 Å². The highest BCUT2D eigenvalue weighted by molar-refractivity contribution is 5.83. The van der Waals surface area contributed by atoms with E-state index in [1.807, 2.05) is 41.5 Å². The zero-order valence-corrected chi connectivity index (χ0v) is 21.5. The van der Waals surface area contributed by atoms with Crippen molar-refractivity contribution in [3.63, 3.8) is 0 Å². The van der Waals surface area contributed by atoms with E-state index in [2.05, 4.69) is 20.7 Å². The normalized spacial score (nSPS) is 14.3. The molecule has 4 amide bonds. The summed E-state index contributed by atoms with van der Waals surface area (Å²) in [6.07, 6.45) is 2.65. The number of azide groups is 1.